The molecular formula is C30H33N7O4S. The highest BCUT2D eigenvalue weighted by atomic mass is 32.2. The number of hydrogen-bond donors (Lipinski definition) is 5. The molecule has 12 heteroatoms. The molecular weight excluding hydrogens is 554 g/mol. The van der Waals surface area contributed by atoms with Crippen LogP contribution in [-0.4, -0.2) is 69.1 Å². The summed E-state index contributed by atoms with van der Waals surface area (Å²) >= 11 is 1.56. The molecule has 11 nitrogen and oxygen atoms in total. The van der Waals surface area contributed by atoms with Crippen LogP contribution in [0, 0.1) is 0 Å². The van der Waals surface area contributed by atoms with Crippen molar-refractivity contribution in [3.05, 3.63) is 84.3 Å². The molecule has 218 valence electrons. The Hall–Kier alpha value is -4.71. The first-order chi connectivity index (χ1) is 20.2. The summed E-state index contributed by atoms with van der Waals surface area (Å²) in [4.78, 5) is 58.1. The summed E-state index contributed by atoms with van der Waals surface area (Å²) in [6, 6.07) is 15.6. The van der Waals surface area contributed by atoms with Gasteiger partial charge >= 0.3 is 6.03 Å². The summed E-state index contributed by atoms with van der Waals surface area (Å²) in [6.45, 7) is 0.115. The van der Waals surface area contributed by atoms with E-state index in [1.165, 1.54) is 4.90 Å². The minimum absolute atomic E-state index is 0.115. The van der Waals surface area contributed by atoms with Crippen LogP contribution in [0.15, 0.2) is 78.0 Å². The van der Waals surface area contributed by atoms with Gasteiger partial charge in [-0.3, -0.25) is 14.4 Å². The molecule has 6 N–H and O–H groups in total. The highest BCUT2D eigenvalue weighted by Crippen LogP contribution is 2.24. The van der Waals surface area contributed by atoms with Crippen LogP contribution >= 0.6 is 11.8 Å². The second kappa shape index (κ2) is 12.4. The number of aromatic nitrogens is 2. The fourth-order valence-electron chi connectivity index (χ4n) is 5.31. The number of carbonyl (C=O) groups is 4. The van der Waals surface area contributed by atoms with E-state index in [0.717, 1.165) is 21.4 Å². The van der Waals surface area contributed by atoms with Crippen molar-refractivity contribution < 1.29 is 19.2 Å². The predicted octanol–water partition coefficient (Wildman–Crippen LogP) is 2.85. The summed E-state index contributed by atoms with van der Waals surface area (Å²) < 4.78 is 1.67. The van der Waals surface area contributed by atoms with Gasteiger partial charge in [0, 0.05) is 53.9 Å². The van der Waals surface area contributed by atoms with Crippen molar-refractivity contribution in [1.29, 1.82) is 0 Å². The molecule has 3 atom stereocenters. The topological polar surface area (TPSA) is 154 Å². The van der Waals surface area contributed by atoms with Crippen molar-refractivity contribution >= 4 is 52.1 Å². The lowest BCUT2D eigenvalue weighted by Crippen LogP contribution is -2.53. The number of primary amides is 1. The number of nitrogens with one attached hydrogen (secondary N) is 4. The number of amides is 5. The summed E-state index contributed by atoms with van der Waals surface area (Å²) in [6.07, 6.45) is 5.84. The number of aryl methyl sites for hydroxylation is 1. The number of benzene rings is 2. The Kier molecular flexibility index (Phi) is 8.53. The number of fused-ring (bicyclic) bond motifs is 1. The Morgan fingerprint density at radius 3 is 2.64 bits per heavy atom. The first-order valence-corrected chi connectivity index (χ1v) is 14.7. The second-order valence-electron chi connectivity index (χ2n) is 10.3. The van der Waals surface area contributed by atoms with E-state index in [1.807, 2.05) is 48.7 Å². The van der Waals surface area contributed by atoms with Gasteiger partial charge in [0.2, 0.25) is 11.8 Å². The molecule has 0 saturated carbocycles. The normalized spacial score (nSPS) is 17.1. The average Bonchev–Trinajstić information content (AvgIpc) is 3.71. The van der Waals surface area contributed by atoms with Crippen molar-refractivity contribution in [1.82, 2.24) is 25.1 Å². The lowest BCUT2D eigenvalue weighted by molar-refractivity contribution is -0.129. The van der Waals surface area contributed by atoms with Gasteiger partial charge in [-0.15, -0.1) is 11.8 Å². The molecule has 0 aliphatic carbocycles. The highest BCUT2D eigenvalue weighted by molar-refractivity contribution is 7.98. The first-order valence-electron chi connectivity index (χ1n) is 13.5. The molecule has 1 aliphatic heterocycles. The minimum Gasteiger partial charge on any atom is -0.368 e. The number of likely N-dealkylation sites (tertiary alicyclic amines) is 1. The Morgan fingerprint density at radius 1 is 1.10 bits per heavy atom. The third-order valence-corrected chi connectivity index (χ3v) is 8.17. The number of aromatic amines is 1. The number of anilines is 1. The Balaban J connectivity index is 1.32. The first kappa shape index (κ1) is 28.8. The molecule has 3 unspecified atom stereocenters. The van der Waals surface area contributed by atoms with Crippen LogP contribution in [0.4, 0.5) is 10.5 Å². The van der Waals surface area contributed by atoms with Crippen molar-refractivity contribution in [2.24, 2.45) is 12.8 Å². The van der Waals surface area contributed by atoms with E-state index in [9.17, 15) is 19.2 Å². The quantitative estimate of drug-likeness (QED) is 0.191. The van der Waals surface area contributed by atoms with Crippen LogP contribution in [0.5, 0.6) is 0 Å². The van der Waals surface area contributed by atoms with Crippen LogP contribution in [-0.2, 0) is 23.1 Å². The molecule has 4 aromatic rings. The van der Waals surface area contributed by atoms with E-state index in [0.29, 0.717) is 11.4 Å². The second-order valence-corrected chi connectivity index (χ2v) is 11.1. The molecule has 3 heterocycles. The van der Waals surface area contributed by atoms with Crippen molar-refractivity contribution in [2.75, 3.05) is 18.1 Å². The van der Waals surface area contributed by atoms with Crippen LogP contribution in [0.25, 0.3) is 10.9 Å². The summed E-state index contributed by atoms with van der Waals surface area (Å²) in [7, 11) is 1.74. The van der Waals surface area contributed by atoms with E-state index < -0.39 is 36.0 Å². The van der Waals surface area contributed by atoms with Gasteiger partial charge in [-0.05, 0) is 54.6 Å². The maximum Gasteiger partial charge on any atom is 0.319 e. The van der Waals surface area contributed by atoms with Gasteiger partial charge in [-0.2, -0.15) is 0 Å². The zero-order valence-corrected chi connectivity index (χ0v) is 24.1. The number of rotatable bonds is 9. The molecule has 2 aromatic carbocycles. The van der Waals surface area contributed by atoms with E-state index in [1.54, 1.807) is 54.0 Å². The number of nitrogens with two attached hydrogens (primary N) is 1. The van der Waals surface area contributed by atoms with Crippen LogP contribution in [0.1, 0.15) is 22.5 Å². The maximum atomic E-state index is 13.7. The largest absolute Gasteiger partial charge is 0.368 e. The van der Waals surface area contributed by atoms with Gasteiger partial charge in [0.15, 0.2) is 0 Å². The van der Waals surface area contributed by atoms with Gasteiger partial charge in [-0.25, -0.2) is 4.79 Å². The zero-order valence-electron chi connectivity index (χ0n) is 23.3. The van der Waals surface area contributed by atoms with E-state index >= 15 is 0 Å². The number of urea groups is 1. The molecule has 5 amide bonds. The lowest BCUT2D eigenvalue weighted by atomic mass is 10.0. The summed E-state index contributed by atoms with van der Waals surface area (Å²) in [5.74, 6) is -1.56. The zero-order chi connectivity index (χ0) is 29.8. The van der Waals surface area contributed by atoms with E-state index in [-0.39, 0.29) is 25.3 Å². The predicted molar refractivity (Wildman–Crippen MR) is 162 cm³/mol. The van der Waals surface area contributed by atoms with E-state index in [2.05, 4.69) is 20.9 Å². The van der Waals surface area contributed by atoms with Crippen LogP contribution < -0.4 is 21.7 Å². The number of carbonyl (C=O) groups excluding carboxylic acids is 4. The van der Waals surface area contributed by atoms with Gasteiger partial charge in [0.05, 0.1) is 6.04 Å². The molecule has 1 aliphatic rings. The number of H-pyrrole nitrogens is 1. The van der Waals surface area contributed by atoms with Gasteiger partial charge in [0.1, 0.15) is 17.8 Å². The molecule has 1 fully saturated rings. The smallest absolute Gasteiger partial charge is 0.319 e. The molecule has 0 bridgehead atoms. The average molecular weight is 588 g/mol. The molecule has 1 saturated heterocycles. The standard InChI is InChI=1S/C30H33N7O4S/c1-36-12-6-11-25(36)29(40)37-17-20(34-30(41)33-19-7-5-8-21(14-19)42-2)15-26(37)28(39)35-24(27(31)38)13-18-16-32-23-10-4-3-9-22(18)23/h3-12,14,16,20,24,26,32H,13,15,17H2,1-2H3,(H2,31,38)(H,35,39)(H2,33,34,41). The Morgan fingerprint density at radius 2 is 1.90 bits per heavy atom. The van der Waals surface area contributed by atoms with Crippen LogP contribution in [0.3, 0.4) is 0 Å². The molecule has 0 radical (unpaired) electrons. The van der Waals surface area contributed by atoms with Crippen molar-refractivity contribution in [3.8, 4) is 0 Å². The maximum absolute atomic E-state index is 13.7. The molecule has 2 aromatic heterocycles. The van der Waals surface area contributed by atoms with Gasteiger partial charge < -0.3 is 36.1 Å². The van der Waals surface area contributed by atoms with Gasteiger partial charge in [-0.1, -0.05) is 24.3 Å². The fraction of sp³-hybridized carbons (Fsp3) is 0.267. The Bertz CT molecular complexity index is 1630. The third-order valence-electron chi connectivity index (χ3n) is 7.45. The van der Waals surface area contributed by atoms with Crippen LogP contribution in [0.2, 0.25) is 0 Å². The van der Waals surface area contributed by atoms with Crippen molar-refractivity contribution in [2.45, 2.75) is 35.9 Å². The minimum atomic E-state index is -0.997. The fourth-order valence-corrected chi connectivity index (χ4v) is 5.77. The summed E-state index contributed by atoms with van der Waals surface area (Å²) in [5, 5.41) is 9.42. The summed E-state index contributed by atoms with van der Waals surface area (Å²) in [5.41, 5.74) is 8.48. The highest BCUT2D eigenvalue weighted by Gasteiger charge is 2.42. The number of hydrogen-bond acceptors (Lipinski definition) is 5. The molecule has 42 heavy (non-hydrogen) atoms. The third kappa shape index (κ3) is 6.28. The van der Waals surface area contributed by atoms with E-state index in [4.69, 9.17) is 5.73 Å². The van der Waals surface area contributed by atoms with Gasteiger partial charge in [0.25, 0.3) is 5.91 Å². The molecule has 5 rings (SSSR count). The number of nitrogens with zero attached hydrogens (tertiary/aromatic N) is 2. The SMILES string of the molecule is CSc1cccc(NC(=O)NC2CC(C(=O)NC(Cc3c[nH]c4ccccc34)C(N)=O)N(C(=O)c3cccn3C)C2)c1. The lowest BCUT2D eigenvalue weighted by Gasteiger charge is -2.25. The molecule has 0 spiro atoms. The number of thioether (sulfide) groups is 1. The van der Waals surface area contributed by atoms with Crippen molar-refractivity contribution in [3.63, 3.8) is 0 Å². The number of para-hydroxylation sites is 1. The Labute approximate surface area is 247 Å². The monoisotopic (exact) mass is 587 g/mol.